The lowest BCUT2D eigenvalue weighted by Gasteiger charge is -2.12. The number of hydrogen-bond acceptors (Lipinski definition) is 2. The lowest BCUT2D eigenvalue weighted by atomic mass is 9.98. The second-order valence-corrected chi connectivity index (χ2v) is 10.3. The van der Waals surface area contributed by atoms with E-state index in [1.165, 1.54) is 32.7 Å². The summed E-state index contributed by atoms with van der Waals surface area (Å²) < 4.78 is 2.29. The van der Waals surface area contributed by atoms with Crippen molar-refractivity contribution in [2.24, 2.45) is 0 Å². The molecule has 0 aliphatic carbocycles. The molecule has 3 nitrogen and oxygen atoms in total. The number of para-hydroxylation sites is 1. The first kappa shape index (κ1) is 23.4. The Kier molecular flexibility index (Phi) is 5.46. The van der Waals surface area contributed by atoms with E-state index < -0.39 is 0 Å². The zero-order valence-electron chi connectivity index (χ0n) is 22.3. The topological polar surface area (TPSA) is 30.7 Å². The molecule has 0 saturated carbocycles. The molecule has 41 heavy (non-hydrogen) atoms. The van der Waals surface area contributed by atoms with Gasteiger partial charge in [-0.2, -0.15) is 0 Å². The molecule has 0 bridgehead atoms. The van der Waals surface area contributed by atoms with Crippen molar-refractivity contribution in [1.29, 1.82) is 0 Å². The van der Waals surface area contributed by atoms with Gasteiger partial charge in [0, 0.05) is 28.0 Å². The van der Waals surface area contributed by atoms with Crippen molar-refractivity contribution in [2.75, 3.05) is 0 Å². The Morgan fingerprint density at radius 2 is 1.07 bits per heavy atom. The molecule has 0 spiro atoms. The largest absolute Gasteiger partial charge is 0.294 e. The number of benzene rings is 6. The molecule has 0 N–H and O–H groups in total. The molecule has 8 rings (SSSR count). The third kappa shape index (κ3) is 3.98. The fourth-order valence-corrected chi connectivity index (χ4v) is 5.88. The fraction of sp³-hybridized carbons (Fsp3) is 0. The van der Waals surface area contributed by atoms with E-state index in [-0.39, 0.29) is 0 Å². The quantitative estimate of drug-likeness (QED) is 0.230. The smallest absolute Gasteiger partial charge is 0.162 e. The van der Waals surface area contributed by atoms with Crippen molar-refractivity contribution in [3.8, 4) is 39.6 Å². The third-order valence-electron chi connectivity index (χ3n) is 7.80. The standard InChI is InChI=1S/C38H25N3/c1-4-12-26(13-5-1)29-20-22-31-30(24-29)21-23-35-37(31)32-18-10-11-19-34(32)41(35)36-25-33(27-14-6-2-7-15-27)39-38(40-36)28-16-8-3-9-17-28/h1-25H. The van der Waals surface area contributed by atoms with Crippen molar-refractivity contribution in [3.63, 3.8) is 0 Å². The normalized spacial score (nSPS) is 11.4. The molecular formula is C38H25N3. The van der Waals surface area contributed by atoms with Gasteiger partial charge in [0.25, 0.3) is 0 Å². The molecule has 0 radical (unpaired) electrons. The van der Waals surface area contributed by atoms with Gasteiger partial charge in [-0.1, -0.05) is 127 Å². The molecule has 6 aromatic carbocycles. The van der Waals surface area contributed by atoms with E-state index in [1.807, 2.05) is 24.3 Å². The predicted octanol–water partition coefficient (Wildman–Crippen LogP) is 9.73. The number of rotatable bonds is 4. The van der Waals surface area contributed by atoms with Crippen molar-refractivity contribution in [1.82, 2.24) is 14.5 Å². The van der Waals surface area contributed by atoms with Crippen LogP contribution in [0.3, 0.4) is 0 Å². The van der Waals surface area contributed by atoms with Gasteiger partial charge in [-0.05, 0) is 40.1 Å². The second kappa shape index (κ2) is 9.58. The lowest BCUT2D eigenvalue weighted by molar-refractivity contribution is 1.05. The molecule has 0 aliphatic rings. The Hall–Kier alpha value is -5.54. The zero-order chi connectivity index (χ0) is 27.2. The lowest BCUT2D eigenvalue weighted by Crippen LogP contribution is -2.02. The molecule has 0 saturated heterocycles. The summed E-state index contributed by atoms with van der Waals surface area (Å²) in [6.07, 6.45) is 0. The minimum Gasteiger partial charge on any atom is -0.294 e. The summed E-state index contributed by atoms with van der Waals surface area (Å²) in [7, 11) is 0. The summed E-state index contributed by atoms with van der Waals surface area (Å²) in [5.74, 6) is 1.56. The Balaban J connectivity index is 1.41. The maximum absolute atomic E-state index is 5.16. The average Bonchev–Trinajstić information content (AvgIpc) is 3.40. The maximum Gasteiger partial charge on any atom is 0.162 e. The van der Waals surface area contributed by atoms with Crippen LogP contribution >= 0.6 is 0 Å². The van der Waals surface area contributed by atoms with E-state index in [0.29, 0.717) is 5.82 Å². The van der Waals surface area contributed by atoms with Crippen LogP contribution in [0.15, 0.2) is 152 Å². The molecule has 3 heteroatoms. The molecule has 0 amide bonds. The van der Waals surface area contributed by atoms with Gasteiger partial charge in [0.2, 0.25) is 0 Å². The van der Waals surface area contributed by atoms with E-state index in [9.17, 15) is 0 Å². The van der Waals surface area contributed by atoms with Crippen LogP contribution in [0.25, 0.3) is 72.2 Å². The monoisotopic (exact) mass is 523 g/mol. The van der Waals surface area contributed by atoms with Crippen LogP contribution in [0.2, 0.25) is 0 Å². The first-order valence-corrected chi connectivity index (χ1v) is 13.9. The van der Waals surface area contributed by atoms with Gasteiger partial charge in [0.05, 0.1) is 16.7 Å². The SMILES string of the molecule is c1ccc(-c2ccc3c(ccc4c3c3ccccc3n4-c3cc(-c4ccccc4)nc(-c4ccccc4)n3)c2)cc1. The Bertz CT molecular complexity index is 2120. The van der Waals surface area contributed by atoms with Gasteiger partial charge in [-0.15, -0.1) is 0 Å². The number of nitrogens with zero attached hydrogens (tertiary/aromatic N) is 3. The van der Waals surface area contributed by atoms with Gasteiger partial charge in [0.15, 0.2) is 5.82 Å². The van der Waals surface area contributed by atoms with Crippen molar-refractivity contribution >= 4 is 32.6 Å². The Labute approximate surface area is 238 Å². The van der Waals surface area contributed by atoms with Crippen molar-refractivity contribution in [3.05, 3.63) is 152 Å². The molecule has 192 valence electrons. The molecule has 0 fully saturated rings. The van der Waals surface area contributed by atoms with Gasteiger partial charge < -0.3 is 0 Å². The van der Waals surface area contributed by atoms with E-state index in [0.717, 1.165) is 33.7 Å². The van der Waals surface area contributed by atoms with Crippen LogP contribution in [0.4, 0.5) is 0 Å². The summed E-state index contributed by atoms with van der Waals surface area (Å²) in [4.78, 5) is 10.2. The van der Waals surface area contributed by atoms with E-state index in [4.69, 9.17) is 9.97 Å². The number of fused-ring (bicyclic) bond motifs is 5. The van der Waals surface area contributed by atoms with Gasteiger partial charge in [0.1, 0.15) is 5.82 Å². The van der Waals surface area contributed by atoms with Crippen LogP contribution in [0.1, 0.15) is 0 Å². The molecule has 8 aromatic rings. The van der Waals surface area contributed by atoms with Crippen molar-refractivity contribution in [2.45, 2.75) is 0 Å². The molecule has 0 unspecified atom stereocenters. The zero-order valence-corrected chi connectivity index (χ0v) is 22.3. The first-order valence-electron chi connectivity index (χ1n) is 13.9. The summed E-state index contributed by atoms with van der Waals surface area (Å²) >= 11 is 0. The highest BCUT2D eigenvalue weighted by atomic mass is 15.1. The van der Waals surface area contributed by atoms with E-state index >= 15 is 0 Å². The van der Waals surface area contributed by atoms with Crippen LogP contribution in [-0.4, -0.2) is 14.5 Å². The predicted molar refractivity (Wildman–Crippen MR) is 170 cm³/mol. The second-order valence-electron chi connectivity index (χ2n) is 10.3. The average molecular weight is 524 g/mol. The third-order valence-corrected chi connectivity index (χ3v) is 7.80. The highest BCUT2D eigenvalue weighted by molar-refractivity contribution is 6.21. The minimum atomic E-state index is 0.709. The summed E-state index contributed by atoms with van der Waals surface area (Å²) in [5.41, 5.74) is 7.64. The van der Waals surface area contributed by atoms with Crippen LogP contribution in [0.5, 0.6) is 0 Å². The van der Waals surface area contributed by atoms with Crippen LogP contribution in [0, 0.1) is 0 Å². The fourth-order valence-electron chi connectivity index (χ4n) is 5.88. The Morgan fingerprint density at radius 3 is 1.83 bits per heavy atom. The van der Waals surface area contributed by atoms with E-state index in [1.54, 1.807) is 0 Å². The summed E-state index contributed by atoms with van der Waals surface area (Å²) in [6, 6.07) is 53.1. The molecule has 0 aliphatic heterocycles. The number of hydrogen-bond donors (Lipinski definition) is 0. The highest BCUT2D eigenvalue weighted by Crippen LogP contribution is 2.38. The maximum atomic E-state index is 5.16. The molecule has 0 atom stereocenters. The molecule has 2 aromatic heterocycles. The van der Waals surface area contributed by atoms with Gasteiger partial charge >= 0.3 is 0 Å². The van der Waals surface area contributed by atoms with E-state index in [2.05, 4.69) is 132 Å². The summed E-state index contributed by atoms with van der Waals surface area (Å²) in [5, 5.41) is 4.90. The van der Waals surface area contributed by atoms with Crippen LogP contribution in [-0.2, 0) is 0 Å². The first-order chi connectivity index (χ1) is 20.3. The molecule has 2 heterocycles. The van der Waals surface area contributed by atoms with Gasteiger partial charge in [-0.3, -0.25) is 4.57 Å². The summed E-state index contributed by atoms with van der Waals surface area (Å²) in [6.45, 7) is 0. The van der Waals surface area contributed by atoms with Crippen molar-refractivity contribution < 1.29 is 0 Å². The number of aromatic nitrogens is 3. The highest BCUT2D eigenvalue weighted by Gasteiger charge is 2.18. The van der Waals surface area contributed by atoms with Gasteiger partial charge in [-0.25, -0.2) is 9.97 Å². The minimum absolute atomic E-state index is 0.709. The molecular weight excluding hydrogens is 498 g/mol. The Morgan fingerprint density at radius 1 is 0.415 bits per heavy atom. The van der Waals surface area contributed by atoms with Crippen LogP contribution < -0.4 is 0 Å².